The average molecular weight is 564 g/mol. The molecule has 0 aliphatic heterocycles. The number of anilines is 1. The fourth-order valence-electron chi connectivity index (χ4n) is 2.38. The van der Waals surface area contributed by atoms with Crippen LogP contribution in [-0.4, -0.2) is 13.0 Å². The third-order valence-corrected chi connectivity index (χ3v) is 6.10. The van der Waals surface area contributed by atoms with Gasteiger partial charge in [-0.25, -0.2) is 0 Å². The quantitative estimate of drug-likeness (QED) is 0.219. The Labute approximate surface area is 174 Å². The van der Waals surface area contributed by atoms with Crippen molar-refractivity contribution in [2.75, 3.05) is 5.73 Å². The van der Waals surface area contributed by atoms with E-state index in [4.69, 9.17) is 5.73 Å². The van der Waals surface area contributed by atoms with Crippen molar-refractivity contribution in [1.29, 1.82) is 0 Å². The molecule has 0 saturated heterocycles. The van der Waals surface area contributed by atoms with Gasteiger partial charge in [-0.05, 0) is 50.1 Å². The van der Waals surface area contributed by atoms with Gasteiger partial charge in [0, 0.05) is 24.2 Å². The molecule has 0 aliphatic carbocycles. The van der Waals surface area contributed by atoms with Gasteiger partial charge in [0.1, 0.15) is 16.3 Å². The van der Waals surface area contributed by atoms with Crippen molar-refractivity contribution in [3.63, 3.8) is 0 Å². The molecule has 3 aromatic carbocycles. The van der Waals surface area contributed by atoms with Gasteiger partial charge < -0.3 is 5.73 Å². The number of hydrogen-bond donors (Lipinski definition) is 2. The molecule has 10 heteroatoms. The second-order valence-corrected chi connectivity index (χ2v) is 9.26. The maximum Gasteiger partial charge on any atom is 0.295 e. The Hall–Kier alpha value is -1.33. The van der Waals surface area contributed by atoms with E-state index in [1.165, 1.54) is 6.07 Å². The van der Waals surface area contributed by atoms with Crippen LogP contribution in [0.25, 0.3) is 10.8 Å². The third-order valence-electron chi connectivity index (χ3n) is 3.54. The van der Waals surface area contributed by atoms with Crippen molar-refractivity contribution in [2.45, 2.75) is 4.90 Å². The first kappa shape index (κ1) is 19.4. The van der Waals surface area contributed by atoms with Crippen LogP contribution in [0.5, 0.6) is 0 Å². The summed E-state index contributed by atoms with van der Waals surface area (Å²) in [6.45, 7) is 0. The fourth-order valence-corrected chi connectivity index (χ4v) is 5.51. The maximum absolute atomic E-state index is 11.8. The van der Waals surface area contributed by atoms with E-state index in [0.717, 1.165) is 4.47 Å². The van der Waals surface area contributed by atoms with Crippen molar-refractivity contribution in [1.82, 2.24) is 0 Å². The van der Waals surface area contributed by atoms with E-state index in [0.29, 0.717) is 25.4 Å². The van der Waals surface area contributed by atoms with Crippen molar-refractivity contribution >= 4 is 85.7 Å². The fraction of sp³-hybridized carbons (Fsp3) is 0. The van der Waals surface area contributed by atoms with Gasteiger partial charge in [0.2, 0.25) is 0 Å². The Bertz CT molecular complexity index is 1140. The van der Waals surface area contributed by atoms with Gasteiger partial charge in [0.15, 0.2) is 0 Å². The van der Waals surface area contributed by atoms with Crippen LogP contribution in [0.1, 0.15) is 0 Å². The first-order valence-electron chi connectivity index (χ1n) is 7.03. The molecule has 3 rings (SSSR count). The van der Waals surface area contributed by atoms with Gasteiger partial charge in [0.05, 0.1) is 5.69 Å². The summed E-state index contributed by atoms with van der Waals surface area (Å²) in [7, 11) is -4.46. The summed E-state index contributed by atoms with van der Waals surface area (Å²) in [5.74, 6) is 0. The molecule has 3 N–H and O–H groups in total. The monoisotopic (exact) mass is 561 g/mol. The lowest BCUT2D eigenvalue weighted by atomic mass is 10.1. The molecular formula is C16H10Br3N3O3S. The zero-order valence-electron chi connectivity index (χ0n) is 12.8. The molecule has 0 aliphatic rings. The van der Waals surface area contributed by atoms with Crippen LogP contribution < -0.4 is 5.73 Å². The highest BCUT2D eigenvalue weighted by Gasteiger charge is 2.18. The van der Waals surface area contributed by atoms with E-state index < -0.39 is 10.1 Å². The number of azo groups is 1. The number of benzene rings is 3. The van der Waals surface area contributed by atoms with E-state index >= 15 is 0 Å². The highest BCUT2D eigenvalue weighted by molar-refractivity contribution is 9.11. The van der Waals surface area contributed by atoms with Crippen LogP contribution in [0.2, 0.25) is 0 Å². The van der Waals surface area contributed by atoms with Crippen LogP contribution >= 0.6 is 47.8 Å². The van der Waals surface area contributed by atoms with E-state index in [-0.39, 0.29) is 16.3 Å². The summed E-state index contributed by atoms with van der Waals surface area (Å²) in [4.78, 5) is -0.273. The Kier molecular flexibility index (Phi) is 5.50. The predicted molar refractivity (Wildman–Crippen MR) is 112 cm³/mol. The minimum Gasteiger partial charge on any atom is -0.396 e. The molecule has 26 heavy (non-hydrogen) atoms. The summed E-state index contributed by atoms with van der Waals surface area (Å²) in [6.07, 6.45) is 0. The highest BCUT2D eigenvalue weighted by Crippen LogP contribution is 2.40. The number of nitrogen functional groups attached to an aromatic ring is 1. The molecule has 0 amide bonds. The lowest BCUT2D eigenvalue weighted by Crippen LogP contribution is -2.01. The van der Waals surface area contributed by atoms with E-state index in [9.17, 15) is 13.0 Å². The Morgan fingerprint density at radius 1 is 0.923 bits per heavy atom. The maximum atomic E-state index is 11.8. The number of rotatable bonds is 3. The van der Waals surface area contributed by atoms with Gasteiger partial charge in [-0.3, -0.25) is 4.55 Å². The van der Waals surface area contributed by atoms with E-state index in [1.54, 1.807) is 36.4 Å². The first-order valence-corrected chi connectivity index (χ1v) is 10.9. The Morgan fingerprint density at radius 3 is 2.08 bits per heavy atom. The molecular weight excluding hydrogens is 554 g/mol. The molecule has 0 aromatic heterocycles. The van der Waals surface area contributed by atoms with Crippen LogP contribution in [0.3, 0.4) is 0 Å². The molecule has 0 atom stereocenters. The third kappa shape index (κ3) is 3.84. The molecule has 0 spiro atoms. The number of nitrogens with zero attached hydrogens (tertiary/aromatic N) is 2. The highest BCUT2D eigenvalue weighted by atomic mass is 79.9. The largest absolute Gasteiger partial charge is 0.396 e. The molecule has 0 unspecified atom stereocenters. The van der Waals surface area contributed by atoms with Gasteiger partial charge in [-0.2, -0.15) is 8.42 Å². The van der Waals surface area contributed by atoms with Crippen LogP contribution in [0.4, 0.5) is 17.1 Å². The number of halogens is 3. The molecule has 3 aromatic rings. The average Bonchev–Trinajstić information content (AvgIpc) is 2.54. The summed E-state index contributed by atoms with van der Waals surface area (Å²) in [6, 6.07) is 11.4. The summed E-state index contributed by atoms with van der Waals surface area (Å²) in [5.41, 5.74) is 7.04. The van der Waals surface area contributed by atoms with E-state index in [2.05, 4.69) is 58.0 Å². The zero-order valence-corrected chi connectivity index (χ0v) is 18.4. The number of nitrogens with two attached hydrogens (primary N) is 1. The van der Waals surface area contributed by atoms with Gasteiger partial charge in [-0.1, -0.05) is 40.2 Å². The molecule has 134 valence electrons. The second-order valence-electron chi connectivity index (χ2n) is 5.25. The van der Waals surface area contributed by atoms with Gasteiger partial charge in [0.25, 0.3) is 10.1 Å². The molecule has 0 bridgehead atoms. The van der Waals surface area contributed by atoms with Crippen molar-refractivity contribution < 1.29 is 13.0 Å². The smallest absolute Gasteiger partial charge is 0.295 e. The first-order chi connectivity index (χ1) is 12.2. The topological polar surface area (TPSA) is 105 Å². The molecule has 0 saturated carbocycles. The van der Waals surface area contributed by atoms with Crippen LogP contribution in [-0.2, 0) is 10.1 Å². The van der Waals surface area contributed by atoms with E-state index in [1.807, 2.05) is 0 Å². The SMILES string of the molecule is Nc1c(/N=N/c2c(Br)cc(Br)cc2Br)cc(S(=O)(=O)O)c2ccccc12. The predicted octanol–water partition coefficient (Wildman–Crippen LogP) is 6.37. The Morgan fingerprint density at radius 2 is 1.50 bits per heavy atom. The Balaban J connectivity index is 2.22. The summed E-state index contributed by atoms with van der Waals surface area (Å²) in [5, 5.41) is 9.04. The normalized spacial score (nSPS) is 12.2. The van der Waals surface area contributed by atoms with Crippen LogP contribution in [0, 0.1) is 0 Å². The molecule has 0 radical (unpaired) electrons. The summed E-state index contributed by atoms with van der Waals surface area (Å²) >= 11 is 10.2. The molecule has 0 fully saturated rings. The number of fused-ring (bicyclic) bond motifs is 1. The van der Waals surface area contributed by atoms with Crippen LogP contribution in [0.15, 0.2) is 71.0 Å². The standard InChI is InChI=1S/C16H10Br3N3O3S/c17-8-5-11(18)16(12(19)6-8)22-21-13-7-14(26(23,24)25)9-3-1-2-4-10(9)15(13)20/h1-7H,20H2,(H,23,24,25)/b22-21+. The summed E-state index contributed by atoms with van der Waals surface area (Å²) < 4.78 is 35.2. The van der Waals surface area contributed by atoms with Gasteiger partial charge >= 0.3 is 0 Å². The molecule has 6 nitrogen and oxygen atoms in total. The molecule has 0 heterocycles. The zero-order chi connectivity index (χ0) is 19.1. The second kappa shape index (κ2) is 7.35. The minimum atomic E-state index is -4.46. The van der Waals surface area contributed by atoms with Gasteiger partial charge in [-0.15, -0.1) is 10.2 Å². The van der Waals surface area contributed by atoms with Crippen molar-refractivity contribution in [2.24, 2.45) is 10.2 Å². The van der Waals surface area contributed by atoms with Crippen molar-refractivity contribution in [3.8, 4) is 0 Å². The van der Waals surface area contributed by atoms with Crippen molar-refractivity contribution in [3.05, 3.63) is 55.9 Å². The lowest BCUT2D eigenvalue weighted by molar-refractivity contribution is 0.484. The number of hydrogen-bond acceptors (Lipinski definition) is 5. The minimum absolute atomic E-state index is 0.137. The lowest BCUT2D eigenvalue weighted by Gasteiger charge is -2.09.